The molecule has 13 heavy (non-hydrogen) atoms. The van der Waals surface area contributed by atoms with Gasteiger partial charge in [-0.15, -0.1) is 0 Å². The van der Waals surface area contributed by atoms with E-state index in [0.29, 0.717) is 5.96 Å². The lowest BCUT2D eigenvalue weighted by Crippen LogP contribution is -2.37. The highest BCUT2D eigenvalue weighted by Crippen LogP contribution is 2.34. The first-order valence-electron chi connectivity index (χ1n) is 4.31. The first-order chi connectivity index (χ1) is 6.09. The van der Waals surface area contributed by atoms with Crippen molar-refractivity contribution in [2.75, 3.05) is 0 Å². The van der Waals surface area contributed by atoms with Gasteiger partial charge in [0, 0.05) is 0 Å². The van der Waals surface area contributed by atoms with Crippen molar-refractivity contribution in [2.45, 2.75) is 31.7 Å². The van der Waals surface area contributed by atoms with Crippen LogP contribution in [0.5, 0.6) is 0 Å². The van der Waals surface area contributed by atoms with Crippen LogP contribution in [0.4, 0.5) is 0 Å². The van der Waals surface area contributed by atoms with E-state index in [-0.39, 0.29) is 5.54 Å². The third kappa shape index (κ3) is 1.41. The number of guanidine groups is 1. The van der Waals surface area contributed by atoms with Gasteiger partial charge in [0.25, 0.3) is 0 Å². The molecule has 2 aliphatic rings. The number of rotatable bonds is 1. The summed E-state index contributed by atoms with van der Waals surface area (Å²) in [5.41, 5.74) is -0.0831. The Balaban J connectivity index is 2.10. The molecule has 5 heteroatoms. The van der Waals surface area contributed by atoms with E-state index in [2.05, 4.69) is 15.6 Å². The average Bonchev–Trinajstić information content (AvgIpc) is 2.28. The minimum Gasteiger partial charge on any atom is -0.288 e. The lowest BCUT2D eigenvalue weighted by molar-refractivity contribution is -0.135. The molecule has 0 unspecified atom stereocenters. The molecule has 0 spiro atoms. The van der Waals surface area contributed by atoms with Crippen LogP contribution in [0.15, 0.2) is 4.99 Å². The number of hydrogen-bond donors (Lipinski definition) is 2. The Morgan fingerprint density at radius 1 is 1.23 bits per heavy atom. The zero-order valence-electron chi connectivity index (χ0n) is 7.39. The van der Waals surface area contributed by atoms with Crippen LogP contribution >= 0.6 is 0 Å². The van der Waals surface area contributed by atoms with Crippen LogP contribution < -0.4 is 10.6 Å². The van der Waals surface area contributed by atoms with Crippen molar-refractivity contribution in [1.29, 1.82) is 0 Å². The maximum absolute atomic E-state index is 10.8. The predicted molar refractivity (Wildman–Crippen MR) is 46.0 cm³/mol. The summed E-state index contributed by atoms with van der Waals surface area (Å²) in [4.78, 5) is 25.8. The molecule has 2 fully saturated rings. The minimum atomic E-state index is -0.623. The molecule has 1 saturated carbocycles. The van der Waals surface area contributed by atoms with Gasteiger partial charge in [-0.2, -0.15) is 0 Å². The molecule has 1 saturated heterocycles. The third-order valence-electron chi connectivity index (χ3n) is 2.48. The molecule has 70 valence electrons. The molecule has 2 amide bonds. The molecule has 2 N–H and O–H groups in total. The molecule has 1 aliphatic carbocycles. The number of hydrogen-bond acceptors (Lipinski definition) is 3. The van der Waals surface area contributed by atoms with Crippen molar-refractivity contribution in [2.24, 2.45) is 4.99 Å². The van der Waals surface area contributed by atoms with Gasteiger partial charge in [-0.1, -0.05) is 0 Å². The van der Waals surface area contributed by atoms with Crippen LogP contribution in [0.1, 0.15) is 26.2 Å². The Bertz CT molecular complexity index is 287. The fourth-order valence-corrected chi connectivity index (χ4v) is 1.49. The molecule has 1 aliphatic heterocycles. The summed E-state index contributed by atoms with van der Waals surface area (Å²) in [6.07, 6.45) is 3.19. The van der Waals surface area contributed by atoms with Crippen molar-refractivity contribution in [3.05, 3.63) is 0 Å². The maximum atomic E-state index is 10.8. The topological polar surface area (TPSA) is 70.6 Å². The van der Waals surface area contributed by atoms with Crippen LogP contribution in [-0.2, 0) is 9.59 Å². The molecule has 0 radical (unpaired) electrons. The van der Waals surface area contributed by atoms with E-state index in [1.807, 2.05) is 6.92 Å². The van der Waals surface area contributed by atoms with Gasteiger partial charge in [-0.25, -0.2) is 4.99 Å². The lowest BCUT2D eigenvalue weighted by Gasteiger charge is -2.34. The van der Waals surface area contributed by atoms with Crippen molar-refractivity contribution < 1.29 is 9.59 Å². The van der Waals surface area contributed by atoms with E-state index in [1.165, 1.54) is 0 Å². The standard InChI is InChI=1S/C8H11N3O2/c1-8(3-2-4-8)11-7-9-5(12)6(13)10-7/h2-4H2,1H3,(H2,9,10,11,12,13). The lowest BCUT2D eigenvalue weighted by atomic mass is 9.79. The largest absolute Gasteiger partial charge is 0.316 e. The molecular weight excluding hydrogens is 170 g/mol. The van der Waals surface area contributed by atoms with Crippen molar-refractivity contribution in [1.82, 2.24) is 10.6 Å². The summed E-state index contributed by atoms with van der Waals surface area (Å²) in [5, 5.41) is 4.76. The van der Waals surface area contributed by atoms with Gasteiger partial charge in [0.2, 0.25) is 5.96 Å². The van der Waals surface area contributed by atoms with Crippen LogP contribution in [-0.4, -0.2) is 23.3 Å². The molecule has 5 nitrogen and oxygen atoms in total. The van der Waals surface area contributed by atoms with Gasteiger partial charge in [-0.05, 0) is 26.2 Å². The number of nitrogens with one attached hydrogen (secondary N) is 2. The second-order valence-electron chi connectivity index (χ2n) is 3.72. The summed E-state index contributed by atoms with van der Waals surface area (Å²) >= 11 is 0. The molecule has 0 atom stereocenters. The van der Waals surface area contributed by atoms with Gasteiger partial charge in [0.1, 0.15) is 0 Å². The highest BCUT2D eigenvalue weighted by Gasteiger charge is 2.34. The van der Waals surface area contributed by atoms with Crippen molar-refractivity contribution >= 4 is 17.8 Å². The van der Waals surface area contributed by atoms with Gasteiger partial charge in [-0.3, -0.25) is 20.2 Å². The first kappa shape index (κ1) is 8.22. The van der Waals surface area contributed by atoms with Gasteiger partial charge in [0.05, 0.1) is 5.54 Å². The minimum absolute atomic E-state index is 0.0831. The highest BCUT2D eigenvalue weighted by molar-refractivity contribution is 6.45. The van der Waals surface area contributed by atoms with Gasteiger partial charge < -0.3 is 0 Å². The Morgan fingerprint density at radius 2 is 1.77 bits per heavy atom. The van der Waals surface area contributed by atoms with Crippen LogP contribution in [0.2, 0.25) is 0 Å². The molecule has 0 aromatic heterocycles. The smallest absolute Gasteiger partial charge is 0.288 e. The highest BCUT2D eigenvalue weighted by atomic mass is 16.2. The molecule has 1 heterocycles. The summed E-state index contributed by atoms with van der Waals surface area (Å²) in [6.45, 7) is 2.01. The fourth-order valence-electron chi connectivity index (χ4n) is 1.49. The first-order valence-corrected chi connectivity index (χ1v) is 4.31. The zero-order chi connectivity index (χ0) is 9.47. The monoisotopic (exact) mass is 181 g/mol. The summed E-state index contributed by atoms with van der Waals surface area (Å²) in [7, 11) is 0. The SMILES string of the molecule is CC1(N=C2NC(=O)C(=O)N2)CCC1. The van der Waals surface area contributed by atoms with E-state index in [0.717, 1.165) is 19.3 Å². The van der Waals surface area contributed by atoms with Crippen LogP contribution in [0.3, 0.4) is 0 Å². The summed E-state index contributed by atoms with van der Waals surface area (Å²) < 4.78 is 0. The predicted octanol–water partition coefficient (Wildman–Crippen LogP) is -0.469. The maximum Gasteiger partial charge on any atom is 0.316 e. The number of amides is 2. The van der Waals surface area contributed by atoms with Crippen molar-refractivity contribution in [3.63, 3.8) is 0 Å². The van der Waals surface area contributed by atoms with Crippen LogP contribution in [0.25, 0.3) is 0 Å². The fraction of sp³-hybridized carbons (Fsp3) is 0.625. The van der Waals surface area contributed by atoms with Crippen molar-refractivity contribution in [3.8, 4) is 0 Å². The summed E-state index contributed by atoms with van der Waals surface area (Å²) in [5.74, 6) is -0.944. The molecular formula is C8H11N3O2. The Kier molecular flexibility index (Phi) is 1.61. The number of carbonyl (C=O) groups excluding carboxylic acids is 2. The summed E-state index contributed by atoms with van der Waals surface area (Å²) in [6, 6.07) is 0. The number of nitrogens with zero attached hydrogens (tertiary/aromatic N) is 1. The molecule has 0 aromatic carbocycles. The van der Waals surface area contributed by atoms with Gasteiger partial charge in [0.15, 0.2) is 0 Å². The normalized spacial score (nSPS) is 24.8. The van der Waals surface area contributed by atoms with E-state index in [9.17, 15) is 9.59 Å². The van der Waals surface area contributed by atoms with Crippen LogP contribution in [0, 0.1) is 0 Å². The third-order valence-corrected chi connectivity index (χ3v) is 2.48. The Morgan fingerprint density at radius 3 is 2.15 bits per heavy atom. The molecule has 0 bridgehead atoms. The Hall–Kier alpha value is -1.39. The number of aliphatic imine (C=N–C) groups is 1. The molecule has 2 rings (SSSR count). The van der Waals surface area contributed by atoms with E-state index < -0.39 is 11.8 Å². The molecule has 0 aromatic rings. The van der Waals surface area contributed by atoms with E-state index in [1.54, 1.807) is 0 Å². The Labute approximate surface area is 75.6 Å². The quantitative estimate of drug-likeness (QED) is 0.537. The van der Waals surface area contributed by atoms with E-state index in [4.69, 9.17) is 0 Å². The average molecular weight is 181 g/mol. The number of carbonyl (C=O) groups is 2. The zero-order valence-corrected chi connectivity index (χ0v) is 7.39. The van der Waals surface area contributed by atoms with E-state index >= 15 is 0 Å². The second kappa shape index (κ2) is 2.55. The second-order valence-corrected chi connectivity index (χ2v) is 3.72. The van der Waals surface area contributed by atoms with Gasteiger partial charge >= 0.3 is 11.8 Å².